The van der Waals surface area contributed by atoms with Crippen LogP contribution in [0.2, 0.25) is 5.02 Å². The van der Waals surface area contributed by atoms with Crippen LogP contribution in [0.4, 0.5) is 4.79 Å². The molecule has 0 spiro atoms. The highest BCUT2D eigenvalue weighted by Crippen LogP contribution is 2.33. The smallest absolute Gasteiger partial charge is 0.343 e. The van der Waals surface area contributed by atoms with Gasteiger partial charge in [0.1, 0.15) is 5.75 Å². The lowest BCUT2D eigenvalue weighted by molar-refractivity contribution is -0.0542. The molecule has 1 N–H and O–H groups in total. The predicted octanol–water partition coefficient (Wildman–Crippen LogP) is 5.21. The van der Waals surface area contributed by atoms with Crippen LogP contribution in [0.15, 0.2) is 54.6 Å². The second-order valence-electron chi connectivity index (χ2n) is 7.83. The van der Waals surface area contributed by atoms with Gasteiger partial charge in [0.25, 0.3) is 0 Å². The number of hydroxylamine groups is 2. The minimum atomic E-state index is -0.337. The molecule has 0 saturated carbocycles. The van der Waals surface area contributed by atoms with Crippen molar-refractivity contribution in [2.24, 2.45) is 0 Å². The fourth-order valence-corrected chi connectivity index (χ4v) is 4.14. The largest absolute Gasteiger partial charge is 0.497 e. The molecule has 7 nitrogen and oxygen atoms in total. The molecule has 0 atom stereocenters. The van der Waals surface area contributed by atoms with Gasteiger partial charge in [0.2, 0.25) is 0 Å². The van der Waals surface area contributed by atoms with Gasteiger partial charge >= 0.3 is 6.03 Å². The van der Waals surface area contributed by atoms with Crippen molar-refractivity contribution >= 4 is 17.6 Å². The summed E-state index contributed by atoms with van der Waals surface area (Å²) in [5.41, 5.74) is 3.94. The number of hydrogen-bond donors (Lipinski definition) is 1. The molecular formula is C24H27ClN4O3. The van der Waals surface area contributed by atoms with Gasteiger partial charge in [-0.25, -0.2) is 14.5 Å². The second kappa shape index (κ2) is 9.63. The van der Waals surface area contributed by atoms with Gasteiger partial charge in [-0.1, -0.05) is 23.7 Å². The van der Waals surface area contributed by atoms with Crippen LogP contribution in [0.3, 0.4) is 0 Å². The average molecular weight is 455 g/mol. The number of methoxy groups -OCH3 is 1. The van der Waals surface area contributed by atoms with Crippen LogP contribution in [-0.2, 0) is 0 Å². The minimum absolute atomic E-state index is 0.235. The number of halogens is 1. The molecule has 1 aromatic heterocycles. The van der Waals surface area contributed by atoms with E-state index >= 15 is 0 Å². The molecule has 1 saturated heterocycles. The Balaban J connectivity index is 1.62. The van der Waals surface area contributed by atoms with Crippen molar-refractivity contribution < 1.29 is 14.7 Å². The molecule has 0 unspecified atom stereocenters. The second-order valence-corrected chi connectivity index (χ2v) is 8.27. The minimum Gasteiger partial charge on any atom is -0.497 e. The van der Waals surface area contributed by atoms with E-state index in [2.05, 4.69) is 6.07 Å². The Kier molecular flexibility index (Phi) is 6.67. The Labute approximate surface area is 192 Å². The molecule has 1 aliphatic rings. The molecule has 3 aromatic rings. The third-order valence-electron chi connectivity index (χ3n) is 5.89. The van der Waals surface area contributed by atoms with Crippen LogP contribution in [-0.4, -0.2) is 57.7 Å². The number of carbonyl (C=O) groups excluding carboxylic acids is 1. The summed E-state index contributed by atoms with van der Waals surface area (Å²) in [6.07, 6.45) is 1.59. The topological polar surface area (TPSA) is 70.8 Å². The lowest BCUT2D eigenvalue weighted by atomic mass is 9.93. The zero-order valence-corrected chi connectivity index (χ0v) is 19.0. The number of likely N-dealkylation sites (tertiary alicyclic amines) is 1. The van der Waals surface area contributed by atoms with Crippen molar-refractivity contribution in [3.8, 4) is 22.7 Å². The monoisotopic (exact) mass is 454 g/mol. The van der Waals surface area contributed by atoms with E-state index in [-0.39, 0.29) is 18.5 Å². The van der Waals surface area contributed by atoms with Crippen molar-refractivity contribution in [2.75, 3.05) is 26.7 Å². The van der Waals surface area contributed by atoms with Crippen molar-refractivity contribution in [3.63, 3.8) is 0 Å². The van der Waals surface area contributed by atoms with Gasteiger partial charge < -0.3 is 9.64 Å². The number of piperidine rings is 1. The van der Waals surface area contributed by atoms with Crippen molar-refractivity contribution in [3.05, 3.63) is 65.3 Å². The van der Waals surface area contributed by atoms with Crippen LogP contribution in [0, 0.1) is 0 Å². The normalized spacial score (nSPS) is 14.4. The molecule has 4 rings (SSSR count). The van der Waals surface area contributed by atoms with Crippen molar-refractivity contribution in [1.82, 2.24) is 19.7 Å². The Bertz CT molecular complexity index is 1060. The van der Waals surface area contributed by atoms with E-state index in [0.717, 1.165) is 46.3 Å². The van der Waals surface area contributed by atoms with Gasteiger partial charge in [0.15, 0.2) is 0 Å². The maximum Gasteiger partial charge on any atom is 0.343 e. The van der Waals surface area contributed by atoms with Crippen molar-refractivity contribution in [2.45, 2.75) is 25.7 Å². The summed E-state index contributed by atoms with van der Waals surface area (Å²) < 4.78 is 7.24. The van der Waals surface area contributed by atoms with E-state index in [0.29, 0.717) is 18.1 Å². The Morgan fingerprint density at radius 2 is 1.81 bits per heavy atom. The van der Waals surface area contributed by atoms with Crippen LogP contribution >= 0.6 is 11.6 Å². The summed E-state index contributed by atoms with van der Waals surface area (Å²) in [5, 5.41) is 16.1. The number of ether oxygens (including phenoxy) is 1. The van der Waals surface area contributed by atoms with Gasteiger partial charge in [-0.3, -0.25) is 5.21 Å². The Morgan fingerprint density at radius 1 is 1.16 bits per heavy atom. The molecule has 1 fully saturated rings. The number of carbonyl (C=O) groups is 1. The van der Waals surface area contributed by atoms with Crippen LogP contribution in [0.1, 0.15) is 31.4 Å². The van der Waals surface area contributed by atoms with E-state index in [1.165, 1.54) is 0 Å². The number of nitrogens with zero attached hydrogens (tertiary/aromatic N) is 4. The first-order valence-corrected chi connectivity index (χ1v) is 11.1. The Hall–Kier alpha value is -3.03. The van der Waals surface area contributed by atoms with Crippen molar-refractivity contribution in [1.29, 1.82) is 0 Å². The van der Waals surface area contributed by atoms with Crippen LogP contribution in [0.25, 0.3) is 16.9 Å². The van der Waals surface area contributed by atoms with E-state index in [9.17, 15) is 10.0 Å². The van der Waals surface area contributed by atoms with E-state index < -0.39 is 0 Å². The highest BCUT2D eigenvalue weighted by molar-refractivity contribution is 6.30. The summed E-state index contributed by atoms with van der Waals surface area (Å²) in [7, 11) is 1.65. The molecule has 168 valence electrons. The summed E-state index contributed by atoms with van der Waals surface area (Å²) >= 11 is 6.10. The number of rotatable bonds is 5. The molecular weight excluding hydrogens is 428 g/mol. The fourth-order valence-electron chi connectivity index (χ4n) is 4.01. The molecule has 1 aliphatic heterocycles. The fraction of sp³-hybridized carbons (Fsp3) is 0.333. The van der Waals surface area contributed by atoms with Gasteiger partial charge in [-0.05, 0) is 62.2 Å². The first kappa shape index (κ1) is 22.2. The summed E-state index contributed by atoms with van der Waals surface area (Å²) in [6.45, 7) is 3.20. The molecule has 0 bridgehead atoms. The van der Waals surface area contributed by atoms with Gasteiger partial charge in [0, 0.05) is 36.1 Å². The Morgan fingerprint density at radius 3 is 2.41 bits per heavy atom. The number of urea groups is 1. The molecule has 8 heteroatoms. The highest BCUT2D eigenvalue weighted by Gasteiger charge is 2.28. The summed E-state index contributed by atoms with van der Waals surface area (Å²) in [5.74, 6) is 1.02. The molecule has 2 amide bonds. The summed E-state index contributed by atoms with van der Waals surface area (Å²) in [4.78, 5) is 13.9. The van der Waals surface area contributed by atoms with Gasteiger partial charge in [-0.15, -0.1) is 0 Å². The first-order valence-electron chi connectivity index (χ1n) is 10.8. The van der Waals surface area contributed by atoms with Crippen LogP contribution in [0.5, 0.6) is 5.75 Å². The first-order chi connectivity index (χ1) is 15.5. The number of aromatic nitrogens is 2. The summed E-state index contributed by atoms with van der Waals surface area (Å²) in [6, 6.07) is 17.3. The third kappa shape index (κ3) is 4.59. The average Bonchev–Trinajstić information content (AvgIpc) is 3.29. The zero-order chi connectivity index (χ0) is 22.7. The SMILES string of the molecule is CCN(O)C(=O)N1CCC(c2cc(-c3ccc(Cl)cc3)n(-c3ccc(OC)cc3)n2)CC1. The lowest BCUT2D eigenvalue weighted by Gasteiger charge is -2.32. The molecule has 0 aliphatic carbocycles. The predicted molar refractivity (Wildman–Crippen MR) is 124 cm³/mol. The third-order valence-corrected chi connectivity index (χ3v) is 6.14. The van der Waals surface area contributed by atoms with Gasteiger partial charge in [-0.2, -0.15) is 5.10 Å². The molecule has 2 heterocycles. The molecule has 2 aromatic carbocycles. The quantitative estimate of drug-likeness (QED) is 0.424. The maximum absolute atomic E-state index is 12.2. The van der Waals surface area contributed by atoms with E-state index in [1.54, 1.807) is 18.9 Å². The standard InChI is InChI=1S/C24H27ClN4O3/c1-3-28(31)24(30)27-14-12-17(13-15-27)22-16-23(18-4-6-19(25)7-5-18)29(26-22)20-8-10-21(32-2)11-9-20/h4-11,16-17,31H,3,12-15H2,1-2H3. The van der Waals surface area contributed by atoms with Gasteiger partial charge in [0.05, 0.1) is 24.2 Å². The zero-order valence-electron chi connectivity index (χ0n) is 18.2. The van der Waals surface area contributed by atoms with Crippen LogP contribution < -0.4 is 4.74 Å². The number of benzene rings is 2. The maximum atomic E-state index is 12.2. The van der Waals surface area contributed by atoms with E-state index in [1.807, 2.05) is 53.2 Å². The highest BCUT2D eigenvalue weighted by atomic mass is 35.5. The molecule has 32 heavy (non-hydrogen) atoms. The number of amides is 2. The number of hydrogen-bond acceptors (Lipinski definition) is 4. The lowest BCUT2D eigenvalue weighted by Crippen LogP contribution is -2.45. The molecule has 0 radical (unpaired) electrons. The van der Waals surface area contributed by atoms with E-state index in [4.69, 9.17) is 21.4 Å².